The summed E-state index contributed by atoms with van der Waals surface area (Å²) >= 11 is 0. The van der Waals surface area contributed by atoms with Crippen LogP contribution in [0.2, 0.25) is 37.9 Å². The average Bonchev–Trinajstić information content (AvgIpc) is 2.72. The van der Waals surface area contributed by atoms with Gasteiger partial charge in [0.05, 0.1) is 5.66 Å². The highest BCUT2D eigenvalue weighted by atomic mass is 15.2. The third-order valence-corrected chi connectivity index (χ3v) is 6.71. The van der Waals surface area contributed by atoms with E-state index in [9.17, 15) is 0 Å². The number of hydrogen-bond acceptors (Lipinski definition) is 2. The van der Waals surface area contributed by atoms with E-state index in [1.54, 1.807) is 0 Å². The van der Waals surface area contributed by atoms with Crippen LogP contribution in [0.3, 0.4) is 0 Å². The molecule has 0 aromatic carbocycles. The van der Waals surface area contributed by atoms with Crippen molar-refractivity contribution in [1.82, 2.24) is 10.6 Å². The maximum Gasteiger partial charge on any atom is 0.120 e. The quantitative estimate of drug-likeness (QED) is 0.542. The average molecular weight is 344 g/mol. The van der Waals surface area contributed by atoms with Crippen molar-refractivity contribution in [2.24, 2.45) is 5.92 Å². The van der Waals surface area contributed by atoms with Gasteiger partial charge in [-0.3, -0.25) is 10.6 Å². The van der Waals surface area contributed by atoms with E-state index in [2.05, 4.69) is 17.6 Å². The van der Waals surface area contributed by atoms with E-state index in [0.29, 0.717) is 0 Å². The van der Waals surface area contributed by atoms with E-state index >= 15 is 0 Å². The van der Waals surface area contributed by atoms with Gasteiger partial charge in [0.25, 0.3) is 0 Å². The predicted octanol–water partition coefficient (Wildman–Crippen LogP) is 3.86. The molecule has 2 rings (SSSR count). The highest BCUT2D eigenvalue weighted by Gasteiger charge is 2.37. The third kappa shape index (κ3) is 8.12. The zero-order valence-corrected chi connectivity index (χ0v) is 17.2. The van der Waals surface area contributed by atoms with Crippen molar-refractivity contribution in [2.75, 3.05) is 13.1 Å². The van der Waals surface area contributed by atoms with Gasteiger partial charge in [-0.25, -0.2) is 0 Å². The molecule has 2 fully saturated rings. The smallest absolute Gasteiger partial charge is 0.120 e. The molecule has 2 aliphatic heterocycles. The molecule has 0 aliphatic carbocycles. The van der Waals surface area contributed by atoms with Crippen LogP contribution in [0, 0.1) is 5.92 Å². The Balaban J connectivity index is 1.97. The van der Waals surface area contributed by atoms with Gasteiger partial charge in [0.2, 0.25) is 0 Å². The molecule has 0 amide bonds. The van der Waals surface area contributed by atoms with Crippen molar-refractivity contribution in [2.45, 2.75) is 108 Å². The summed E-state index contributed by atoms with van der Waals surface area (Å²) in [4.78, 5) is 0. The topological polar surface area (TPSA) is 24.1 Å². The highest BCUT2D eigenvalue weighted by Crippen LogP contribution is 2.33. The molecule has 0 spiro atoms. The van der Waals surface area contributed by atoms with Crippen LogP contribution in [0.25, 0.3) is 0 Å². The molecular formula is C20H43B3N2. The highest BCUT2D eigenvalue weighted by molar-refractivity contribution is 6.35. The fraction of sp³-hybridized carbons (Fsp3) is 1.00. The van der Waals surface area contributed by atoms with Crippen LogP contribution in [-0.4, -0.2) is 40.6 Å². The lowest BCUT2D eigenvalue weighted by atomic mass is 9.66. The molecule has 2 nitrogen and oxygen atoms in total. The Hall–Kier alpha value is 0.115. The van der Waals surface area contributed by atoms with Crippen molar-refractivity contribution in [3.05, 3.63) is 0 Å². The molecule has 0 bridgehead atoms. The fourth-order valence-corrected chi connectivity index (χ4v) is 5.09. The van der Waals surface area contributed by atoms with Crippen molar-refractivity contribution in [1.29, 1.82) is 0 Å². The Labute approximate surface area is 160 Å². The van der Waals surface area contributed by atoms with E-state index in [0.717, 1.165) is 5.92 Å². The Kier molecular flexibility index (Phi) is 11.4. The van der Waals surface area contributed by atoms with Gasteiger partial charge in [0, 0.05) is 0 Å². The van der Waals surface area contributed by atoms with Crippen LogP contribution in [0.1, 0.15) is 64.7 Å². The molecule has 0 saturated carbocycles. The molecule has 2 N–H and O–H groups in total. The monoisotopic (exact) mass is 344 g/mol. The minimum atomic E-state index is 0.242. The minimum absolute atomic E-state index is 0.242. The Bertz CT molecular complexity index is 330. The van der Waals surface area contributed by atoms with E-state index in [1.165, 1.54) is 131 Å². The van der Waals surface area contributed by atoms with Gasteiger partial charge in [0.1, 0.15) is 21.8 Å². The predicted molar refractivity (Wildman–Crippen MR) is 120 cm³/mol. The van der Waals surface area contributed by atoms with Crippen LogP contribution >= 0.6 is 0 Å². The molecule has 5 heteroatoms. The van der Waals surface area contributed by atoms with Crippen molar-refractivity contribution in [3.63, 3.8) is 0 Å². The molecule has 2 atom stereocenters. The zero-order valence-electron chi connectivity index (χ0n) is 17.2. The molecule has 2 heterocycles. The zero-order chi connectivity index (χ0) is 17.6. The maximum absolute atomic E-state index is 4.11. The van der Waals surface area contributed by atoms with Crippen molar-refractivity contribution >= 4 is 21.8 Å². The van der Waals surface area contributed by atoms with E-state index in [1.807, 2.05) is 0 Å². The first-order valence-corrected chi connectivity index (χ1v) is 11.9. The lowest BCUT2D eigenvalue weighted by Gasteiger charge is -2.44. The van der Waals surface area contributed by atoms with Gasteiger partial charge >= 0.3 is 0 Å². The molecule has 0 aromatic rings. The Morgan fingerprint density at radius 3 is 2.48 bits per heavy atom. The normalized spacial score (nSPS) is 29.1. The first-order valence-electron chi connectivity index (χ1n) is 11.9. The van der Waals surface area contributed by atoms with Crippen molar-refractivity contribution < 1.29 is 0 Å². The Morgan fingerprint density at radius 2 is 1.72 bits per heavy atom. The van der Waals surface area contributed by atoms with Crippen LogP contribution in [0.5, 0.6) is 0 Å². The van der Waals surface area contributed by atoms with Gasteiger partial charge in [-0.2, -0.15) is 0 Å². The SMILES string of the molecule is CCCBCCCNC12CCCBCCCC1CCCBCCCN2. The van der Waals surface area contributed by atoms with E-state index < -0.39 is 0 Å². The first-order chi connectivity index (χ1) is 12.4. The molecule has 2 unspecified atom stereocenters. The Morgan fingerprint density at radius 1 is 1.00 bits per heavy atom. The maximum atomic E-state index is 4.11. The second-order valence-electron chi connectivity index (χ2n) is 8.80. The van der Waals surface area contributed by atoms with Crippen molar-refractivity contribution in [3.8, 4) is 0 Å². The van der Waals surface area contributed by atoms with Gasteiger partial charge in [-0.1, -0.05) is 70.5 Å². The third-order valence-electron chi connectivity index (χ3n) is 6.71. The lowest BCUT2D eigenvalue weighted by molar-refractivity contribution is 0.125. The summed E-state index contributed by atoms with van der Waals surface area (Å²) in [6, 6.07) is 0. The number of rotatable bonds is 7. The number of fused-ring (bicyclic) bond motifs is 1. The standard InChI is InChI=1S/C20H43B3N2/c1-2-11-21-15-6-17-24-20-10-5-14-22-12-3-8-19(20)9-4-13-23-16-7-18-25-20/h19,21-25H,2-18H2,1H3. The summed E-state index contributed by atoms with van der Waals surface area (Å²) < 4.78 is 0. The molecule has 0 aromatic heterocycles. The summed E-state index contributed by atoms with van der Waals surface area (Å²) in [5, 5.41) is 8.21. The van der Waals surface area contributed by atoms with Crippen LogP contribution in [0.15, 0.2) is 0 Å². The first kappa shape index (κ1) is 21.4. The minimum Gasteiger partial charge on any atom is -0.299 e. The summed E-state index contributed by atoms with van der Waals surface area (Å²) in [5.74, 6) is 0.847. The summed E-state index contributed by atoms with van der Waals surface area (Å²) in [6.45, 7) is 4.75. The molecule has 25 heavy (non-hydrogen) atoms. The van der Waals surface area contributed by atoms with E-state index in [-0.39, 0.29) is 5.66 Å². The molecule has 2 aliphatic rings. The summed E-state index contributed by atoms with van der Waals surface area (Å²) in [6.07, 6.45) is 21.2. The number of hydrogen-bond donors (Lipinski definition) is 2. The van der Waals surface area contributed by atoms with E-state index in [4.69, 9.17) is 0 Å². The fourth-order valence-electron chi connectivity index (χ4n) is 5.09. The largest absolute Gasteiger partial charge is 0.299 e. The van der Waals surface area contributed by atoms with Gasteiger partial charge in [-0.15, -0.1) is 0 Å². The molecule has 0 radical (unpaired) electrons. The molecular weight excluding hydrogens is 301 g/mol. The van der Waals surface area contributed by atoms with Gasteiger partial charge in [0.15, 0.2) is 0 Å². The second-order valence-corrected chi connectivity index (χ2v) is 8.80. The lowest BCUT2D eigenvalue weighted by Crippen LogP contribution is -2.62. The molecule has 2 saturated heterocycles. The van der Waals surface area contributed by atoms with Crippen LogP contribution in [-0.2, 0) is 0 Å². The molecule has 142 valence electrons. The second kappa shape index (κ2) is 13.3. The van der Waals surface area contributed by atoms with Crippen LogP contribution < -0.4 is 10.6 Å². The van der Waals surface area contributed by atoms with Gasteiger partial charge < -0.3 is 0 Å². The summed E-state index contributed by atoms with van der Waals surface area (Å²) in [7, 11) is 4.33. The summed E-state index contributed by atoms with van der Waals surface area (Å²) in [5.41, 5.74) is 0.242. The van der Waals surface area contributed by atoms with Crippen LogP contribution in [0.4, 0.5) is 0 Å². The van der Waals surface area contributed by atoms with Gasteiger partial charge in [-0.05, 0) is 51.1 Å². The number of nitrogens with one attached hydrogen (secondary N) is 2.